The van der Waals surface area contributed by atoms with Crippen molar-refractivity contribution < 1.29 is 34.6 Å². The van der Waals surface area contributed by atoms with E-state index >= 15 is 0 Å². The number of thioether (sulfide) groups is 2. The van der Waals surface area contributed by atoms with E-state index in [1.165, 1.54) is 36.3 Å². The lowest BCUT2D eigenvalue weighted by atomic mass is 10.5. The van der Waals surface area contributed by atoms with E-state index in [-0.39, 0.29) is 24.8 Å². The molecule has 6 heteroatoms. The van der Waals surface area contributed by atoms with Crippen LogP contribution in [0.3, 0.4) is 0 Å². The van der Waals surface area contributed by atoms with Crippen LogP contribution >= 0.6 is 23.5 Å². The van der Waals surface area contributed by atoms with Crippen molar-refractivity contribution >= 4 is 23.5 Å². The third-order valence-electron chi connectivity index (χ3n) is 2.08. The Kier molecular flexibility index (Phi) is 22.7. The van der Waals surface area contributed by atoms with Gasteiger partial charge < -0.3 is 34.6 Å². The zero-order valence-electron chi connectivity index (χ0n) is 10.8. The predicted molar refractivity (Wildman–Crippen MR) is 69.5 cm³/mol. The van der Waals surface area contributed by atoms with Crippen molar-refractivity contribution in [2.24, 2.45) is 0 Å². The topological polar surface area (TPSA) is 8.88 Å². The van der Waals surface area contributed by atoms with E-state index in [2.05, 4.69) is 27.9 Å². The first-order valence-corrected chi connectivity index (χ1v) is 7.79. The Labute approximate surface area is 122 Å². The summed E-state index contributed by atoms with van der Waals surface area (Å²) in [6.07, 6.45) is 0. The van der Waals surface area contributed by atoms with Crippen LogP contribution in [0.15, 0.2) is 0 Å². The highest BCUT2D eigenvalue weighted by Gasteiger charge is 2.06. The molecule has 2 N–H and O–H groups in total. The third-order valence-corrected chi connectivity index (χ3v) is 4.29. The molecule has 0 amide bonds. The molecule has 0 bridgehead atoms. The van der Waals surface area contributed by atoms with E-state index in [4.69, 9.17) is 0 Å². The Hall–Kier alpha value is 1.20. The second-order valence-corrected chi connectivity index (χ2v) is 6.24. The van der Waals surface area contributed by atoms with Gasteiger partial charge in [0, 0.05) is 0 Å². The van der Waals surface area contributed by atoms with E-state index in [1.54, 1.807) is 9.80 Å². The Balaban J connectivity index is -0.000000845. The van der Waals surface area contributed by atoms with Crippen molar-refractivity contribution in [2.75, 3.05) is 50.4 Å². The Morgan fingerprint density at radius 1 is 0.750 bits per heavy atom. The Morgan fingerprint density at radius 2 is 1.06 bits per heavy atom. The largest absolute Gasteiger partial charge is 1.00 e. The molecule has 0 aliphatic heterocycles. The average molecular weight is 309 g/mol. The SMILES string of the molecule is CCSC[NH+](C)CC[NH+](C)CSCC.[Cl-].[Cl-]. The highest BCUT2D eigenvalue weighted by Crippen LogP contribution is 1.90. The zero-order valence-corrected chi connectivity index (χ0v) is 14.0. The maximum Gasteiger partial charge on any atom is 0.127 e. The number of nitrogens with one attached hydrogen (secondary N) is 2. The summed E-state index contributed by atoms with van der Waals surface area (Å²) in [6, 6.07) is 0. The molecule has 0 rings (SSSR count). The van der Waals surface area contributed by atoms with Gasteiger partial charge in [0.25, 0.3) is 0 Å². The molecule has 0 aliphatic carbocycles. The van der Waals surface area contributed by atoms with E-state index in [0.29, 0.717) is 0 Å². The fraction of sp³-hybridized carbons (Fsp3) is 1.00. The van der Waals surface area contributed by atoms with Gasteiger partial charge in [-0.25, -0.2) is 0 Å². The van der Waals surface area contributed by atoms with Gasteiger partial charge >= 0.3 is 0 Å². The summed E-state index contributed by atoms with van der Waals surface area (Å²) in [6.45, 7) is 7.05. The van der Waals surface area contributed by atoms with Gasteiger partial charge in [-0.1, -0.05) is 13.8 Å². The van der Waals surface area contributed by atoms with Crippen molar-refractivity contribution in [2.45, 2.75) is 13.8 Å². The number of hydrogen-bond acceptors (Lipinski definition) is 2. The minimum absolute atomic E-state index is 0. The molecular weight excluding hydrogens is 283 g/mol. The van der Waals surface area contributed by atoms with Gasteiger partial charge in [0.2, 0.25) is 0 Å². The lowest BCUT2D eigenvalue weighted by Crippen LogP contribution is -3.17. The molecule has 0 radical (unpaired) electrons. The Bertz CT molecular complexity index is 117. The summed E-state index contributed by atoms with van der Waals surface area (Å²) in [5.41, 5.74) is 0. The van der Waals surface area contributed by atoms with Crippen LogP contribution < -0.4 is 34.6 Å². The van der Waals surface area contributed by atoms with E-state index in [9.17, 15) is 0 Å². The lowest BCUT2D eigenvalue weighted by molar-refractivity contribution is -0.926. The molecule has 2 nitrogen and oxygen atoms in total. The summed E-state index contributed by atoms with van der Waals surface area (Å²) in [4.78, 5) is 3.30. The van der Waals surface area contributed by atoms with Gasteiger partial charge in [-0.2, -0.15) is 0 Å². The van der Waals surface area contributed by atoms with Crippen molar-refractivity contribution in [3.63, 3.8) is 0 Å². The Morgan fingerprint density at radius 3 is 1.31 bits per heavy atom. The molecule has 0 spiro atoms. The maximum atomic E-state index is 2.29. The third kappa shape index (κ3) is 15.2. The molecular formula is C10H26Cl2N2S2. The number of halogens is 2. The van der Waals surface area contributed by atoms with Crippen LogP contribution in [0.2, 0.25) is 0 Å². The molecule has 0 saturated carbocycles. The van der Waals surface area contributed by atoms with Crippen LogP contribution in [-0.4, -0.2) is 50.4 Å². The average Bonchev–Trinajstić information content (AvgIpc) is 2.20. The van der Waals surface area contributed by atoms with E-state index < -0.39 is 0 Å². The molecule has 0 aromatic heterocycles. The quantitative estimate of drug-likeness (QED) is 0.410. The van der Waals surface area contributed by atoms with Crippen molar-refractivity contribution in [3.05, 3.63) is 0 Å². The van der Waals surface area contributed by atoms with Crippen LogP contribution in [-0.2, 0) is 0 Å². The first kappa shape index (κ1) is 22.4. The molecule has 0 aliphatic rings. The van der Waals surface area contributed by atoms with Gasteiger partial charge in [0.15, 0.2) is 0 Å². The normalized spacial score (nSPS) is 13.5. The molecule has 0 heterocycles. The number of rotatable bonds is 9. The molecule has 2 unspecified atom stereocenters. The van der Waals surface area contributed by atoms with E-state index in [0.717, 1.165) is 0 Å². The lowest BCUT2D eigenvalue weighted by Gasteiger charge is -2.17. The fourth-order valence-corrected chi connectivity index (χ4v) is 2.52. The van der Waals surface area contributed by atoms with E-state index in [1.807, 2.05) is 23.5 Å². The van der Waals surface area contributed by atoms with Crippen molar-refractivity contribution in [1.82, 2.24) is 0 Å². The van der Waals surface area contributed by atoms with Gasteiger partial charge in [-0.15, -0.1) is 23.5 Å². The molecule has 102 valence electrons. The molecule has 0 aromatic rings. The molecule has 16 heavy (non-hydrogen) atoms. The second kappa shape index (κ2) is 16.2. The van der Waals surface area contributed by atoms with Crippen LogP contribution in [0.5, 0.6) is 0 Å². The number of quaternary nitrogens is 2. The van der Waals surface area contributed by atoms with Gasteiger partial charge in [0.05, 0.1) is 14.1 Å². The summed E-state index contributed by atoms with van der Waals surface area (Å²) in [5, 5.41) is 0. The second-order valence-electron chi connectivity index (χ2n) is 3.69. The number of likely N-dealkylation sites (N-methyl/N-ethyl adjacent to an activating group) is 2. The minimum Gasteiger partial charge on any atom is -1.00 e. The van der Waals surface area contributed by atoms with Gasteiger partial charge in [-0.3, -0.25) is 0 Å². The highest BCUT2D eigenvalue weighted by atomic mass is 35.5. The van der Waals surface area contributed by atoms with Gasteiger partial charge in [-0.05, 0) is 11.5 Å². The smallest absolute Gasteiger partial charge is 0.127 e. The molecule has 0 aromatic carbocycles. The summed E-state index contributed by atoms with van der Waals surface area (Å²) in [5.74, 6) is 4.99. The standard InChI is InChI=1S/C10H24N2S2.2ClH/c1-5-13-9-11(3)7-8-12(4)10-14-6-2;;/h5-10H2,1-4H3;2*1H. The van der Waals surface area contributed by atoms with Crippen molar-refractivity contribution in [1.29, 1.82) is 0 Å². The summed E-state index contributed by atoms with van der Waals surface area (Å²) >= 11 is 4.07. The van der Waals surface area contributed by atoms with Crippen LogP contribution in [0.25, 0.3) is 0 Å². The first-order valence-electron chi connectivity index (χ1n) is 5.48. The highest BCUT2D eigenvalue weighted by molar-refractivity contribution is 7.99. The molecule has 2 atom stereocenters. The van der Waals surface area contributed by atoms with Crippen LogP contribution in [0, 0.1) is 0 Å². The monoisotopic (exact) mass is 308 g/mol. The fourth-order valence-electron chi connectivity index (χ4n) is 1.12. The molecule has 0 fully saturated rings. The first-order chi connectivity index (χ1) is 6.70. The minimum atomic E-state index is 0. The summed E-state index contributed by atoms with van der Waals surface area (Å²) < 4.78 is 0. The van der Waals surface area contributed by atoms with Crippen molar-refractivity contribution in [3.8, 4) is 0 Å². The van der Waals surface area contributed by atoms with Gasteiger partial charge in [0.1, 0.15) is 24.8 Å². The summed E-state index contributed by atoms with van der Waals surface area (Å²) in [7, 11) is 4.59. The zero-order chi connectivity index (χ0) is 10.8. The molecule has 0 saturated heterocycles. The van der Waals surface area contributed by atoms with Crippen LogP contribution in [0.1, 0.15) is 13.8 Å². The predicted octanol–water partition coefficient (Wildman–Crippen LogP) is -6.56. The van der Waals surface area contributed by atoms with Crippen LogP contribution in [0.4, 0.5) is 0 Å². The number of hydrogen-bond donors (Lipinski definition) is 2. The maximum absolute atomic E-state index is 2.29.